The van der Waals surface area contributed by atoms with Gasteiger partial charge in [0, 0.05) is 22.8 Å². The lowest BCUT2D eigenvalue weighted by Crippen LogP contribution is -2.22. The maximum atomic E-state index is 13.0. The number of aryl methyl sites for hydroxylation is 2. The summed E-state index contributed by atoms with van der Waals surface area (Å²) in [5.74, 6) is 0.629. The Bertz CT molecular complexity index is 1250. The second kappa shape index (κ2) is 7.56. The average molecular weight is 435 g/mol. The lowest BCUT2D eigenvalue weighted by atomic mass is 10.2. The molecule has 0 radical (unpaired) electrons. The molecule has 0 amide bonds. The molecule has 2 aromatic heterocycles. The second-order valence-corrected chi connectivity index (χ2v) is 7.46. The first-order chi connectivity index (χ1) is 13.6. The van der Waals surface area contributed by atoms with Crippen LogP contribution in [0.1, 0.15) is 24.0 Å². The topological polar surface area (TPSA) is 52.2 Å². The summed E-state index contributed by atoms with van der Waals surface area (Å²) in [5.41, 5.74) is 3.62. The molecule has 2 aromatic carbocycles. The minimum absolute atomic E-state index is 0.173. The van der Waals surface area contributed by atoms with Gasteiger partial charge in [0.1, 0.15) is 5.82 Å². The van der Waals surface area contributed by atoms with E-state index in [1.165, 1.54) is 10.2 Å². The zero-order chi connectivity index (χ0) is 19.7. The smallest absolute Gasteiger partial charge is 0.282 e. The summed E-state index contributed by atoms with van der Waals surface area (Å²) in [4.78, 5) is 17.6. The number of benzene rings is 2. The monoisotopic (exact) mass is 434 g/mol. The summed E-state index contributed by atoms with van der Waals surface area (Å²) in [6, 6.07) is 17.7. The van der Waals surface area contributed by atoms with E-state index < -0.39 is 0 Å². The largest absolute Gasteiger partial charge is 0.316 e. The highest BCUT2D eigenvalue weighted by molar-refractivity contribution is 9.10. The standard InChI is InChI=1S/C22H19BrN4O/c1-3-21-25-20-10-9-16(23)13-19(20)22(28)27(21)24-14-18-8-5-11-26(18)17-7-4-6-15(2)12-17/h4-14H,3H2,1-2H3. The molecular weight excluding hydrogens is 416 g/mol. The lowest BCUT2D eigenvalue weighted by Gasteiger charge is -2.09. The van der Waals surface area contributed by atoms with Crippen molar-refractivity contribution in [3.8, 4) is 5.69 Å². The van der Waals surface area contributed by atoms with Crippen LogP contribution in [-0.2, 0) is 6.42 Å². The van der Waals surface area contributed by atoms with Crippen LogP contribution in [-0.4, -0.2) is 20.4 Å². The number of rotatable bonds is 4. The van der Waals surface area contributed by atoms with Crippen LogP contribution in [0.4, 0.5) is 0 Å². The van der Waals surface area contributed by atoms with Gasteiger partial charge in [-0.05, 0) is 55.0 Å². The molecule has 0 atom stereocenters. The highest BCUT2D eigenvalue weighted by atomic mass is 79.9. The summed E-state index contributed by atoms with van der Waals surface area (Å²) in [6.07, 6.45) is 4.29. The number of aromatic nitrogens is 3. The number of nitrogens with zero attached hydrogens (tertiary/aromatic N) is 4. The molecule has 0 N–H and O–H groups in total. The molecule has 4 rings (SSSR count). The first kappa shape index (κ1) is 18.4. The predicted octanol–water partition coefficient (Wildman–Crippen LogP) is 4.70. The molecule has 0 aliphatic heterocycles. The van der Waals surface area contributed by atoms with Crippen LogP contribution in [0.5, 0.6) is 0 Å². The van der Waals surface area contributed by atoms with E-state index in [1.807, 2.05) is 54.1 Å². The van der Waals surface area contributed by atoms with Crippen LogP contribution in [0.3, 0.4) is 0 Å². The van der Waals surface area contributed by atoms with Crippen LogP contribution in [0.15, 0.2) is 75.2 Å². The first-order valence-corrected chi connectivity index (χ1v) is 9.86. The molecule has 0 saturated heterocycles. The third kappa shape index (κ3) is 3.43. The van der Waals surface area contributed by atoms with E-state index in [1.54, 1.807) is 12.3 Å². The highest BCUT2D eigenvalue weighted by Crippen LogP contribution is 2.17. The molecule has 0 saturated carbocycles. The number of hydrogen-bond acceptors (Lipinski definition) is 3. The Hall–Kier alpha value is -2.99. The average Bonchev–Trinajstić information content (AvgIpc) is 3.16. The Labute approximate surface area is 171 Å². The van der Waals surface area contributed by atoms with E-state index in [-0.39, 0.29) is 5.56 Å². The molecule has 5 nitrogen and oxygen atoms in total. The van der Waals surface area contributed by atoms with Gasteiger partial charge < -0.3 is 4.57 Å². The molecule has 2 heterocycles. The molecule has 0 aliphatic rings. The van der Waals surface area contributed by atoms with E-state index in [2.05, 4.69) is 45.1 Å². The van der Waals surface area contributed by atoms with E-state index in [4.69, 9.17) is 0 Å². The Morgan fingerprint density at radius 2 is 2.00 bits per heavy atom. The van der Waals surface area contributed by atoms with Gasteiger partial charge >= 0.3 is 0 Å². The third-order valence-corrected chi connectivity index (χ3v) is 5.05. The normalized spacial score (nSPS) is 11.5. The van der Waals surface area contributed by atoms with E-state index in [0.717, 1.165) is 15.9 Å². The Balaban J connectivity index is 1.81. The molecular formula is C22H19BrN4O. The minimum atomic E-state index is -0.173. The van der Waals surface area contributed by atoms with Crippen LogP contribution in [0, 0.1) is 6.92 Å². The van der Waals surface area contributed by atoms with Gasteiger partial charge in [0.15, 0.2) is 0 Å². The second-order valence-electron chi connectivity index (χ2n) is 6.55. The van der Waals surface area contributed by atoms with Crippen LogP contribution >= 0.6 is 15.9 Å². The van der Waals surface area contributed by atoms with Crippen molar-refractivity contribution >= 4 is 33.0 Å². The van der Waals surface area contributed by atoms with Crippen molar-refractivity contribution in [2.24, 2.45) is 5.10 Å². The van der Waals surface area contributed by atoms with Gasteiger partial charge in [-0.3, -0.25) is 4.79 Å². The van der Waals surface area contributed by atoms with Crippen LogP contribution in [0.2, 0.25) is 0 Å². The summed E-state index contributed by atoms with van der Waals surface area (Å²) < 4.78 is 4.27. The van der Waals surface area contributed by atoms with Crippen molar-refractivity contribution < 1.29 is 0 Å². The van der Waals surface area contributed by atoms with Gasteiger partial charge in [-0.15, -0.1) is 0 Å². The molecule has 0 bridgehead atoms. The van der Waals surface area contributed by atoms with Crippen molar-refractivity contribution in [1.29, 1.82) is 0 Å². The molecule has 140 valence electrons. The lowest BCUT2D eigenvalue weighted by molar-refractivity contribution is 0.734. The van der Waals surface area contributed by atoms with Gasteiger partial charge in [-0.1, -0.05) is 35.0 Å². The molecule has 28 heavy (non-hydrogen) atoms. The van der Waals surface area contributed by atoms with E-state index in [0.29, 0.717) is 23.1 Å². The van der Waals surface area contributed by atoms with Gasteiger partial charge in [0.05, 0.1) is 22.8 Å². The van der Waals surface area contributed by atoms with Crippen molar-refractivity contribution in [2.45, 2.75) is 20.3 Å². The van der Waals surface area contributed by atoms with Crippen molar-refractivity contribution in [3.63, 3.8) is 0 Å². The molecule has 6 heteroatoms. The maximum absolute atomic E-state index is 13.0. The highest BCUT2D eigenvalue weighted by Gasteiger charge is 2.10. The van der Waals surface area contributed by atoms with Gasteiger partial charge in [-0.2, -0.15) is 9.78 Å². The third-order valence-electron chi connectivity index (χ3n) is 4.56. The Morgan fingerprint density at radius 1 is 1.14 bits per heavy atom. The Kier molecular flexibility index (Phi) is 4.96. The Morgan fingerprint density at radius 3 is 2.79 bits per heavy atom. The summed E-state index contributed by atoms with van der Waals surface area (Å²) in [5, 5.41) is 5.03. The quantitative estimate of drug-likeness (QED) is 0.437. The van der Waals surface area contributed by atoms with Crippen molar-refractivity contribution in [1.82, 2.24) is 14.2 Å². The molecule has 0 unspecified atom stereocenters. The van der Waals surface area contributed by atoms with E-state index >= 15 is 0 Å². The van der Waals surface area contributed by atoms with Gasteiger partial charge in [0.25, 0.3) is 5.56 Å². The SMILES string of the molecule is CCc1nc2ccc(Br)cc2c(=O)n1N=Cc1cccn1-c1cccc(C)c1. The summed E-state index contributed by atoms with van der Waals surface area (Å²) in [7, 11) is 0. The minimum Gasteiger partial charge on any atom is -0.316 e. The zero-order valence-corrected chi connectivity index (χ0v) is 17.2. The number of fused-ring (bicyclic) bond motifs is 1. The fourth-order valence-electron chi connectivity index (χ4n) is 3.17. The molecule has 4 aromatic rings. The predicted molar refractivity (Wildman–Crippen MR) is 117 cm³/mol. The van der Waals surface area contributed by atoms with Gasteiger partial charge in [-0.25, -0.2) is 4.98 Å². The molecule has 0 fully saturated rings. The summed E-state index contributed by atoms with van der Waals surface area (Å²) in [6.45, 7) is 4.03. The molecule has 0 spiro atoms. The fourth-order valence-corrected chi connectivity index (χ4v) is 3.53. The van der Waals surface area contributed by atoms with Crippen LogP contribution < -0.4 is 5.56 Å². The number of halogens is 1. The van der Waals surface area contributed by atoms with Crippen molar-refractivity contribution in [2.75, 3.05) is 0 Å². The number of hydrogen-bond donors (Lipinski definition) is 0. The maximum Gasteiger partial charge on any atom is 0.282 e. The summed E-state index contributed by atoms with van der Waals surface area (Å²) >= 11 is 3.42. The zero-order valence-electron chi connectivity index (χ0n) is 15.6. The first-order valence-electron chi connectivity index (χ1n) is 9.07. The molecule has 0 aliphatic carbocycles. The fraction of sp³-hybridized carbons (Fsp3) is 0.136. The van der Waals surface area contributed by atoms with Gasteiger partial charge in [0.2, 0.25) is 0 Å². The van der Waals surface area contributed by atoms with E-state index in [9.17, 15) is 4.79 Å². The van der Waals surface area contributed by atoms with Crippen LogP contribution in [0.25, 0.3) is 16.6 Å². The van der Waals surface area contributed by atoms with Crippen molar-refractivity contribution in [3.05, 3.63) is 92.7 Å².